The van der Waals surface area contributed by atoms with Gasteiger partial charge in [-0.3, -0.25) is 4.79 Å². The van der Waals surface area contributed by atoms with Crippen molar-refractivity contribution in [3.8, 4) is 16.9 Å². The molecule has 1 amide bonds. The molecule has 2 aromatic carbocycles. The molecular weight excluding hydrogens is 264 g/mol. The van der Waals surface area contributed by atoms with Crippen LogP contribution in [0.25, 0.3) is 11.1 Å². The Morgan fingerprint density at radius 2 is 1.63 bits per heavy atom. The number of benzene rings is 2. The minimum atomic E-state index is -0.861. The van der Waals surface area contributed by atoms with Crippen LogP contribution in [0.5, 0.6) is 5.75 Å². The van der Waals surface area contributed by atoms with E-state index in [0.29, 0.717) is 0 Å². The molecule has 0 aromatic heterocycles. The first-order valence-corrected chi connectivity index (χ1v) is 5.90. The minimum absolute atomic E-state index is 0.804. The van der Waals surface area contributed by atoms with Crippen LogP contribution in [0.15, 0.2) is 53.7 Å². The zero-order valence-electron chi connectivity index (χ0n) is 9.92. The van der Waals surface area contributed by atoms with E-state index >= 15 is 0 Å². The van der Waals surface area contributed by atoms with Gasteiger partial charge in [-0.25, -0.2) is 0 Å². The minimum Gasteiger partial charge on any atom is -0.356 e. The summed E-state index contributed by atoms with van der Waals surface area (Å²) in [6, 6.07) is 16.1. The maximum absolute atomic E-state index is 8.99. The number of hydrogen-bond acceptors (Lipinski definition) is 3. The molecule has 1 heterocycles. The second-order valence-corrected chi connectivity index (χ2v) is 4.09. The van der Waals surface area contributed by atoms with E-state index in [2.05, 4.69) is 28.6 Å². The van der Waals surface area contributed by atoms with Gasteiger partial charge in [0.15, 0.2) is 5.75 Å². The first kappa shape index (κ1) is 13.1. The van der Waals surface area contributed by atoms with Crippen molar-refractivity contribution in [3.05, 3.63) is 54.1 Å². The smallest absolute Gasteiger partial charge is 0.311 e. The average molecular weight is 275 g/mol. The topological polar surface area (TPSA) is 64.7 Å². The van der Waals surface area contributed by atoms with Crippen LogP contribution in [0, 0.1) is 0 Å². The molecule has 0 spiro atoms. The lowest BCUT2D eigenvalue weighted by Gasteiger charge is -2.05. The molecule has 0 saturated carbocycles. The fourth-order valence-corrected chi connectivity index (χ4v) is 1.76. The number of primary amides is 1. The molecular formula is C14H11ClN2O2. The molecule has 96 valence electrons. The van der Waals surface area contributed by atoms with Gasteiger partial charge in [0.05, 0.1) is 6.21 Å². The molecule has 0 atom stereocenters. The molecule has 2 aromatic rings. The molecule has 0 bridgehead atoms. The summed E-state index contributed by atoms with van der Waals surface area (Å²) in [7, 11) is 0. The van der Waals surface area contributed by atoms with Gasteiger partial charge in [-0.05, 0) is 23.2 Å². The molecule has 4 nitrogen and oxygen atoms in total. The molecule has 3 rings (SSSR count). The third kappa shape index (κ3) is 3.33. The van der Waals surface area contributed by atoms with Crippen molar-refractivity contribution in [2.45, 2.75) is 0 Å². The molecule has 0 radical (unpaired) electrons. The van der Waals surface area contributed by atoms with Gasteiger partial charge in [0.2, 0.25) is 0 Å². The Balaban J connectivity index is 0.000000297. The number of carbonyl (C=O) groups excluding carboxylic acids is 1. The van der Waals surface area contributed by atoms with Crippen molar-refractivity contribution in [1.82, 2.24) is 0 Å². The molecule has 0 aliphatic carbocycles. The first-order valence-electron chi connectivity index (χ1n) is 5.52. The van der Waals surface area contributed by atoms with E-state index in [-0.39, 0.29) is 0 Å². The Morgan fingerprint density at radius 1 is 1.05 bits per heavy atom. The lowest BCUT2D eigenvalue weighted by atomic mass is 10.00. The predicted octanol–water partition coefficient (Wildman–Crippen LogP) is 3.38. The molecule has 2 N–H and O–H groups in total. The Morgan fingerprint density at radius 3 is 2.37 bits per heavy atom. The summed E-state index contributed by atoms with van der Waals surface area (Å²) in [4.78, 5) is 14.3. The van der Waals surface area contributed by atoms with Crippen molar-refractivity contribution in [2.24, 2.45) is 10.9 Å². The van der Waals surface area contributed by atoms with Crippen LogP contribution in [0.4, 0.5) is 4.79 Å². The number of oxime groups is 1. The Hall–Kier alpha value is -2.33. The van der Waals surface area contributed by atoms with E-state index < -0.39 is 5.37 Å². The Bertz CT molecular complexity index is 622. The molecule has 0 saturated heterocycles. The number of amides is 1. The summed E-state index contributed by atoms with van der Waals surface area (Å²) in [5, 5.41) is 3.07. The number of halogens is 1. The lowest BCUT2D eigenvalue weighted by Crippen LogP contribution is -1.94. The van der Waals surface area contributed by atoms with Crippen molar-refractivity contribution < 1.29 is 9.63 Å². The van der Waals surface area contributed by atoms with E-state index in [1.165, 1.54) is 0 Å². The molecule has 1 aliphatic rings. The van der Waals surface area contributed by atoms with Gasteiger partial charge in [-0.15, -0.1) is 0 Å². The molecule has 1 aliphatic heterocycles. The molecule has 0 fully saturated rings. The predicted molar refractivity (Wildman–Crippen MR) is 75.5 cm³/mol. The third-order valence-corrected chi connectivity index (χ3v) is 2.48. The maximum Gasteiger partial charge on any atom is 0.311 e. The maximum atomic E-state index is 8.99. The van der Waals surface area contributed by atoms with E-state index in [4.69, 9.17) is 9.63 Å². The summed E-state index contributed by atoms with van der Waals surface area (Å²) in [5.41, 5.74) is 7.57. The number of para-hydroxylation sites is 1. The highest BCUT2D eigenvalue weighted by Gasteiger charge is 2.11. The number of fused-ring (bicyclic) bond motifs is 3. The quantitative estimate of drug-likeness (QED) is 0.591. The normalized spacial score (nSPS) is 11.0. The number of rotatable bonds is 0. The van der Waals surface area contributed by atoms with Gasteiger partial charge in [0, 0.05) is 11.1 Å². The fraction of sp³-hybridized carbons (Fsp3) is 0. The highest BCUT2D eigenvalue weighted by Crippen LogP contribution is 2.33. The zero-order chi connectivity index (χ0) is 13.7. The second-order valence-electron chi connectivity index (χ2n) is 3.71. The summed E-state index contributed by atoms with van der Waals surface area (Å²) in [6.45, 7) is 0. The monoisotopic (exact) mass is 274 g/mol. The van der Waals surface area contributed by atoms with Crippen molar-refractivity contribution in [2.75, 3.05) is 0 Å². The second kappa shape index (κ2) is 6.02. The van der Waals surface area contributed by atoms with E-state index in [1.807, 2.05) is 42.5 Å². The fourth-order valence-electron chi connectivity index (χ4n) is 1.76. The SMILES string of the molecule is C1=NOc2ccccc2-c2ccccc21.NC(=O)Cl. The van der Waals surface area contributed by atoms with Crippen molar-refractivity contribution >= 4 is 23.2 Å². The molecule has 0 unspecified atom stereocenters. The highest BCUT2D eigenvalue weighted by atomic mass is 35.5. The van der Waals surface area contributed by atoms with Crippen LogP contribution < -0.4 is 10.6 Å². The third-order valence-electron chi connectivity index (χ3n) is 2.48. The van der Waals surface area contributed by atoms with Crippen molar-refractivity contribution in [3.63, 3.8) is 0 Å². The van der Waals surface area contributed by atoms with Gasteiger partial charge in [0.1, 0.15) is 0 Å². The molecule has 5 heteroatoms. The van der Waals surface area contributed by atoms with Gasteiger partial charge in [-0.1, -0.05) is 47.6 Å². The van der Waals surface area contributed by atoms with E-state index in [1.54, 1.807) is 6.21 Å². The van der Waals surface area contributed by atoms with Crippen LogP contribution in [-0.4, -0.2) is 11.6 Å². The molecule has 19 heavy (non-hydrogen) atoms. The van der Waals surface area contributed by atoms with Crippen LogP contribution >= 0.6 is 11.6 Å². The van der Waals surface area contributed by atoms with E-state index in [0.717, 1.165) is 22.4 Å². The summed E-state index contributed by atoms with van der Waals surface area (Å²) >= 11 is 4.41. The van der Waals surface area contributed by atoms with Crippen molar-refractivity contribution in [1.29, 1.82) is 0 Å². The average Bonchev–Trinajstić information content (AvgIpc) is 2.57. The first-order chi connectivity index (χ1) is 9.18. The largest absolute Gasteiger partial charge is 0.356 e. The number of nitrogens with two attached hydrogens (primary N) is 1. The van der Waals surface area contributed by atoms with E-state index in [9.17, 15) is 0 Å². The summed E-state index contributed by atoms with van der Waals surface area (Å²) < 4.78 is 0. The lowest BCUT2D eigenvalue weighted by molar-refractivity contribution is 0.266. The number of hydrogen-bond donors (Lipinski definition) is 1. The number of carbonyl (C=O) groups is 1. The zero-order valence-corrected chi connectivity index (χ0v) is 10.7. The van der Waals surface area contributed by atoms with Crippen LogP contribution in [-0.2, 0) is 0 Å². The summed E-state index contributed by atoms with van der Waals surface area (Å²) in [5.74, 6) is 0.804. The summed E-state index contributed by atoms with van der Waals surface area (Å²) in [6.07, 6.45) is 1.75. The number of nitrogens with zero attached hydrogens (tertiary/aromatic N) is 1. The standard InChI is InChI=1S/C13H9NO.CH2ClNO/c1-2-6-11-10(5-1)9-14-15-13-8-4-3-7-12(11)13;2-1(3)4/h1-9H;(H2,3,4). The van der Waals surface area contributed by atoms with Crippen LogP contribution in [0.2, 0.25) is 0 Å². The van der Waals surface area contributed by atoms with Crippen LogP contribution in [0.1, 0.15) is 5.56 Å². The highest BCUT2D eigenvalue weighted by molar-refractivity contribution is 6.62. The van der Waals surface area contributed by atoms with Crippen LogP contribution in [0.3, 0.4) is 0 Å². The van der Waals surface area contributed by atoms with Gasteiger partial charge < -0.3 is 10.6 Å². The van der Waals surface area contributed by atoms with Gasteiger partial charge in [-0.2, -0.15) is 0 Å². The Labute approximate surface area is 115 Å². The van der Waals surface area contributed by atoms with Gasteiger partial charge in [0.25, 0.3) is 0 Å². The Kier molecular flexibility index (Phi) is 4.15. The van der Waals surface area contributed by atoms with Gasteiger partial charge >= 0.3 is 5.37 Å².